The van der Waals surface area contributed by atoms with E-state index in [9.17, 15) is 14.4 Å². The Morgan fingerprint density at radius 2 is 2.00 bits per heavy atom. The summed E-state index contributed by atoms with van der Waals surface area (Å²) in [7, 11) is 0. The van der Waals surface area contributed by atoms with Gasteiger partial charge in [-0.1, -0.05) is 0 Å². The molecular formula is C11H11BrN2O4. The molecule has 0 bridgehead atoms. The minimum absolute atomic E-state index is 0.113. The first-order valence-electron chi connectivity index (χ1n) is 4.97. The summed E-state index contributed by atoms with van der Waals surface area (Å²) in [5.74, 6) is -1.74. The van der Waals surface area contributed by atoms with Gasteiger partial charge in [-0.2, -0.15) is 0 Å². The lowest BCUT2D eigenvalue weighted by Crippen LogP contribution is -2.31. The second-order valence-electron chi connectivity index (χ2n) is 3.46. The van der Waals surface area contributed by atoms with Crippen molar-refractivity contribution in [1.82, 2.24) is 5.32 Å². The quantitative estimate of drug-likeness (QED) is 0.778. The van der Waals surface area contributed by atoms with E-state index in [1.165, 1.54) is 25.1 Å². The van der Waals surface area contributed by atoms with E-state index in [1.54, 1.807) is 0 Å². The van der Waals surface area contributed by atoms with E-state index in [0.717, 1.165) is 0 Å². The van der Waals surface area contributed by atoms with Gasteiger partial charge < -0.3 is 15.7 Å². The highest BCUT2D eigenvalue weighted by atomic mass is 79.9. The fourth-order valence-corrected chi connectivity index (χ4v) is 1.63. The molecule has 0 aliphatic carbocycles. The average Bonchev–Trinajstić information content (AvgIpc) is 2.29. The molecule has 96 valence electrons. The van der Waals surface area contributed by atoms with Crippen molar-refractivity contribution in [2.24, 2.45) is 0 Å². The number of anilines is 1. The van der Waals surface area contributed by atoms with Gasteiger partial charge in [0.1, 0.15) is 0 Å². The number of carboxylic acids is 1. The molecule has 2 amide bonds. The summed E-state index contributed by atoms with van der Waals surface area (Å²) in [5, 5.41) is 13.7. The van der Waals surface area contributed by atoms with E-state index in [2.05, 4.69) is 26.6 Å². The van der Waals surface area contributed by atoms with Crippen LogP contribution < -0.4 is 10.6 Å². The third-order valence-corrected chi connectivity index (χ3v) is 2.64. The van der Waals surface area contributed by atoms with E-state index >= 15 is 0 Å². The first-order valence-corrected chi connectivity index (χ1v) is 5.76. The highest BCUT2D eigenvalue weighted by molar-refractivity contribution is 9.10. The lowest BCUT2D eigenvalue weighted by molar-refractivity contribution is -0.122. The highest BCUT2D eigenvalue weighted by Crippen LogP contribution is 2.23. The lowest BCUT2D eigenvalue weighted by Gasteiger charge is -2.08. The van der Waals surface area contributed by atoms with Crippen LogP contribution in [-0.4, -0.2) is 29.4 Å². The van der Waals surface area contributed by atoms with Crippen molar-refractivity contribution in [2.45, 2.75) is 6.92 Å². The SMILES string of the molecule is CC(=O)NCC(=O)Nc1ccc(C(=O)O)cc1Br. The Hall–Kier alpha value is -1.89. The number of rotatable bonds is 4. The van der Waals surface area contributed by atoms with Crippen molar-refractivity contribution >= 4 is 39.4 Å². The zero-order valence-corrected chi connectivity index (χ0v) is 11.1. The molecule has 1 aromatic rings. The Morgan fingerprint density at radius 3 is 2.50 bits per heavy atom. The van der Waals surface area contributed by atoms with Crippen LogP contribution in [0, 0.1) is 0 Å². The summed E-state index contributed by atoms with van der Waals surface area (Å²) in [6.07, 6.45) is 0. The monoisotopic (exact) mass is 314 g/mol. The van der Waals surface area contributed by atoms with Gasteiger partial charge in [-0.3, -0.25) is 9.59 Å². The van der Waals surface area contributed by atoms with Crippen LogP contribution in [0.2, 0.25) is 0 Å². The molecular weight excluding hydrogens is 304 g/mol. The van der Waals surface area contributed by atoms with Crippen molar-refractivity contribution in [1.29, 1.82) is 0 Å². The molecule has 0 aromatic heterocycles. The minimum atomic E-state index is -1.05. The number of carboxylic acid groups (broad SMARTS) is 1. The third-order valence-electron chi connectivity index (χ3n) is 1.99. The number of amides is 2. The van der Waals surface area contributed by atoms with Crippen LogP contribution in [0.5, 0.6) is 0 Å². The van der Waals surface area contributed by atoms with Gasteiger partial charge in [0.15, 0.2) is 0 Å². The number of hydrogen-bond acceptors (Lipinski definition) is 3. The van der Waals surface area contributed by atoms with Crippen molar-refractivity contribution < 1.29 is 19.5 Å². The van der Waals surface area contributed by atoms with Crippen LogP contribution in [0.25, 0.3) is 0 Å². The molecule has 0 aliphatic rings. The van der Waals surface area contributed by atoms with Gasteiger partial charge in [0.25, 0.3) is 0 Å². The molecule has 0 unspecified atom stereocenters. The van der Waals surface area contributed by atoms with Crippen LogP contribution in [-0.2, 0) is 9.59 Å². The Kier molecular flexibility index (Phi) is 4.85. The number of benzene rings is 1. The van der Waals surface area contributed by atoms with Gasteiger partial charge in [-0.05, 0) is 34.1 Å². The van der Waals surface area contributed by atoms with Crippen LogP contribution >= 0.6 is 15.9 Å². The molecule has 0 saturated heterocycles. The van der Waals surface area contributed by atoms with Crippen molar-refractivity contribution in [3.05, 3.63) is 28.2 Å². The predicted molar refractivity (Wildman–Crippen MR) is 68.4 cm³/mol. The van der Waals surface area contributed by atoms with Gasteiger partial charge in [0, 0.05) is 11.4 Å². The normalized spacial score (nSPS) is 9.67. The van der Waals surface area contributed by atoms with Gasteiger partial charge in [-0.15, -0.1) is 0 Å². The van der Waals surface area contributed by atoms with Crippen LogP contribution in [0.1, 0.15) is 17.3 Å². The minimum Gasteiger partial charge on any atom is -0.478 e. The largest absolute Gasteiger partial charge is 0.478 e. The van der Waals surface area contributed by atoms with Crippen LogP contribution in [0.3, 0.4) is 0 Å². The van der Waals surface area contributed by atoms with Gasteiger partial charge in [-0.25, -0.2) is 4.79 Å². The highest BCUT2D eigenvalue weighted by Gasteiger charge is 2.09. The Labute approximate surface area is 112 Å². The average molecular weight is 315 g/mol. The van der Waals surface area contributed by atoms with Crippen LogP contribution in [0.4, 0.5) is 5.69 Å². The van der Waals surface area contributed by atoms with Crippen LogP contribution in [0.15, 0.2) is 22.7 Å². The molecule has 0 atom stereocenters. The van der Waals surface area contributed by atoms with Crippen molar-refractivity contribution in [2.75, 3.05) is 11.9 Å². The van der Waals surface area contributed by atoms with E-state index in [0.29, 0.717) is 10.2 Å². The Bertz CT molecular complexity index is 502. The predicted octanol–water partition coefficient (Wildman–Crippen LogP) is 1.22. The number of aromatic carboxylic acids is 1. The molecule has 6 nitrogen and oxygen atoms in total. The molecule has 1 rings (SSSR count). The standard InChI is InChI=1S/C11H11BrN2O4/c1-6(15)13-5-10(16)14-9-3-2-7(11(17)18)4-8(9)12/h2-4H,5H2,1H3,(H,13,15)(H,14,16)(H,17,18). The maximum absolute atomic E-state index is 11.4. The molecule has 0 saturated carbocycles. The van der Waals surface area contributed by atoms with E-state index in [-0.39, 0.29) is 18.0 Å². The first-order chi connectivity index (χ1) is 8.40. The van der Waals surface area contributed by atoms with Gasteiger partial charge in [0.05, 0.1) is 17.8 Å². The molecule has 0 spiro atoms. The van der Waals surface area contributed by atoms with Gasteiger partial charge in [0.2, 0.25) is 11.8 Å². The number of hydrogen-bond donors (Lipinski definition) is 3. The van der Waals surface area contributed by atoms with Crippen molar-refractivity contribution in [3.63, 3.8) is 0 Å². The number of carbonyl (C=O) groups excluding carboxylic acids is 2. The summed E-state index contributed by atoms with van der Waals surface area (Å²) < 4.78 is 0.457. The summed E-state index contributed by atoms with van der Waals surface area (Å²) in [6, 6.07) is 4.23. The molecule has 0 fully saturated rings. The van der Waals surface area contributed by atoms with E-state index in [4.69, 9.17) is 5.11 Å². The molecule has 3 N–H and O–H groups in total. The molecule has 0 radical (unpaired) electrons. The second kappa shape index (κ2) is 6.15. The smallest absolute Gasteiger partial charge is 0.335 e. The van der Waals surface area contributed by atoms with Gasteiger partial charge >= 0.3 is 5.97 Å². The zero-order chi connectivity index (χ0) is 13.7. The number of halogens is 1. The van der Waals surface area contributed by atoms with E-state index < -0.39 is 11.9 Å². The summed E-state index contributed by atoms with van der Waals surface area (Å²) in [6.45, 7) is 1.17. The summed E-state index contributed by atoms with van der Waals surface area (Å²) >= 11 is 3.16. The second-order valence-corrected chi connectivity index (χ2v) is 4.31. The number of carbonyl (C=O) groups is 3. The fourth-order valence-electron chi connectivity index (χ4n) is 1.15. The fraction of sp³-hybridized carbons (Fsp3) is 0.182. The topological polar surface area (TPSA) is 95.5 Å². The molecule has 1 aromatic carbocycles. The summed E-state index contributed by atoms with van der Waals surface area (Å²) in [5.41, 5.74) is 0.553. The Balaban J connectivity index is 2.70. The molecule has 0 aliphatic heterocycles. The first kappa shape index (κ1) is 14.2. The van der Waals surface area contributed by atoms with E-state index in [1.807, 2.05) is 0 Å². The Morgan fingerprint density at radius 1 is 1.33 bits per heavy atom. The molecule has 18 heavy (non-hydrogen) atoms. The lowest BCUT2D eigenvalue weighted by atomic mass is 10.2. The van der Waals surface area contributed by atoms with Crippen molar-refractivity contribution in [3.8, 4) is 0 Å². The zero-order valence-electron chi connectivity index (χ0n) is 9.49. The third kappa shape index (κ3) is 4.17. The maximum atomic E-state index is 11.4. The molecule has 7 heteroatoms. The summed E-state index contributed by atoms with van der Waals surface area (Å²) in [4.78, 5) is 32.8. The molecule has 0 heterocycles. The number of nitrogens with one attached hydrogen (secondary N) is 2. The maximum Gasteiger partial charge on any atom is 0.335 e.